The van der Waals surface area contributed by atoms with Gasteiger partial charge in [-0.2, -0.15) is 0 Å². The van der Waals surface area contributed by atoms with Crippen LogP contribution >= 0.6 is 0 Å². The SMILES string of the molecule is Nc1cc(N2CCCC2CO)ccc1S(N)(=O)=O. The molecule has 1 heterocycles. The molecular formula is C11H17N3O3S. The number of nitrogens with two attached hydrogens (primary N) is 2. The second-order valence-electron chi connectivity index (χ2n) is 4.44. The van der Waals surface area contributed by atoms with Gasteiger partial charge >= 0.3 is 0 Å². The van der Waals surface area contributed by atoms with Gasteiger partial charge in [0.05, 0.1) is 18.3 Å². The number of nitrogen functional groups attached to an aromatic ring is 1. The first kappa shape index (κ1) is 13.1. The van der Waals surface area contributed by atoms with Crippen LogP contribution in [0.1, 0.15) is 12.8 Å². The Morgan fingerprint density at radius 2 is 2.17 bits per heavy atom. The van der Waals surface area contributed by atoms with Gasteiger partial charge in [0.1, 0.15) is 4.90 Å². The number of aliphatic hydroxyl groups excluding tert-OH is 1. The molecule has 1 atom stereocenters. The third kappa shape index (κ3) is 2.43. The lowest BCUT2D eigenvalue weighted by atomic mass is 10.2. The minimum Gasteiger partial charge on any atom is -0.398 e. The van der Waals surface area contributed by atoms with Gasteiger partial charge in [0.15, 0.2) is 0 Å². The molecule has 1 fully saturated rings. The summed E-state index contributed by atoms with van der Waals surface area (Å²) in [6, 6.07) is 4.75. The van der Waals surface area contributed by atoms with E-state index in [1.165, 1.54) is 6.07 Å². The number of aliphatic hydroxyl groups is 1. The van der Waals surface area contributed by atoms with Crippen molar-refractivity contribution in [3.63, 3.8) is 0 Å². The fraction of sp³-hybridized carbons (Fsp3) is 0.455. The standard InChI is InChI=1S/C11H17N3O3S/c12-10-6-8(3-4-11(10)18(13,16)17)14-5-1-2-9(14)7-15/h3-4,6,9,15H,1-2,5,7,12H2,(H2,13,16,17). The van der Waals surface area contributed by atoms with Crippen LogP contribution in [0.3, 0.4) is 0 Å². The number of hydrogen-bond donors (Lipinski definition) is 3. The summed E-state index contributed by atoms with van der Waals surface area (Å²) in [6.07, 6.45) is 1.93. The van der Waals surface area contributed by atoms with Crippen molar-refractivity contribution in [2.45, 2.75) is 23.8 Å². The largest absolute Gasteiger partial charge is 0.398 e. The number of anilines is 2. The molecule has 0 spiro atoms. The average molecular weight is 271 g/mol. The molecule has 0 bridgehead atoms. The molecular weight excluding hydrogens is 254 g/mol. The first-order valence-electron chi connectivity index (χ1n) is 5.73. The molecule has 1 aliphatic heterocycles. The molecule has 5 N–H and O–H groups in total. The molecule has 0 aromatic heterocycles. The molecule has 6 nitrogen and oxygen atoms in total. The first-order valence-corrected chi connectivity index (χ1v) is 7.28. The molecule has 1 saturated heterocycles. The van der Waals surface area contributed by atoms with E-state index in [1.807, 2.05) is 4.90 Å². The van der Waals surface area contributed by atoms with Gasteiger partial charge in [-0.3, -0.25) is 0 Å². The Morgan fingerprint density at radius 3 is 2.72 bits per heavy atom. The summed E-state index contributed by atoms with van der Waals surface area (Å²) in [6.45, 7) is 0.913. The lowest BCUT2D eigenvalue weighted by molar-refractivity contribution is 0.266. The smallest absolute Gasteiger partial charge is 0.240 e. The zero-order valence-corrected chi connectivity index (χ0v) is 10.7. The molecule has 1 aliphatic rings. The molecule has 0 radical (unpaired) electrons. The van der Waals surface area contributed by atoms with Gasteiger partial charge < -0.3 is 15.7 Å². The molecule has 100 valence electrons. The molecule has 1 unspecified atom stereocenters. The van der Waals surface area contributed by atoms with Crippen molar-refractivity contribution in [2.75, 3.05) is 23.8 Å². The summed E-state index contributed by atoms with van der Waals surface area (Å²) in [5.41, 5.74) is 6.67. The number of primary sulfonamides is 1. The number of nitrogens with zero attached hydrogens (tertiary/aromatic N) is 1. The van der Waals surface area contributed by atoms with E-state index >= 15 is 0 Å². The summed E-state index contributed by atoms with van der Waals surface area (Å²) >= 11 is 0. The van der Waals surface area contributed by atoms with Crippen LogP contribution in [0.5, 0.6) is 0 Å². The van der Waals surface area contributed by atoms with E-state index in [1.54, 1.807) is 12.1 Å². The highest BCUT2D eigenvalue weighted by Gasteiger charge is 2.24. The topological polar surface area (TPSA) is 110 Å². The highest BCUT2D eigenvalue weighted by Crippen LogP contribution is 2.29. The van der Waals surface area contributed by atoms with Crippen LogP contribution in [0.15, 0.2) is 23.1 Å². The third-order valence-electron chi connectivity index (χ3n) is 3.22. The van der Waals surface area contributed by atoms with Crippen LogP contribution in [0, 0.1) is 0 Å². The molecule has 0 amide bonds. The first-order chi connectivity index (χ1) is 8.43. The van der Waals surface area contributed by atoms with Crippen molar-refractivity contribution in [1.29, 1.82) is 0 Å². The molecule has 1 aromatic carbocycles. The normalized spacial score (nSPS) is 20.3. The number of sulfonamides is 1. The van der Waals surface area contributed by atoms with Crippen LogP contribution in [0.4, 0.5) is 11.4 Å². The van der Waals surface area contributed by atoms with E-state index in [2.05, 4.69) is 0 Å². The van der Waals surface area contributed by atoms with Gasteiger partial charge in [-0.1, -0.05) is 0 Å². The second-order valence-corrected chi connectivity index (χ2v) is 5.97. The average Bonchev–Trinajstić information content (AvgIpc) is 2.74. The maximum absolute atomic E-state index is 11.3. The Balaban J connectivity index is 2.35. The third-order valence-corrected chi connectivity index (χ3v) is 4.20. The van der Waals surface area contributed by atoms with Crippen LogP contribution in [0.2, 0.25) is 0 Å². The van der Waals surface area contributed by atoms with Crippen LogP contribution in [-0.4, -0.2) is 32.7 Å². The summed E-state index contributed by atoms with van der Waals surface area (Å²) in [7, 11) is -3.79. The van der Waals surface area contributed by atoms with Gasteiger partial charge in [-0.15, -0.1) is 0 Å². The van der Waals surface area contributed by atoms with E-state index in [0.717, 1.165) is 25.1 Å². The van der Waals surface area contributed by atoms with Crippen LogP contribution in [-0.2, 0) is 10.0 Å². The van der Waals surface area contributed by atoms with E-state index in [-0.39, 0.29) is 23.2 Å². The quantitative estimate of drug-likeness (QED) is 0.664. The molecule has 18 heavy (non-hydrogen) atoms. The van der Waals surface area contributed by atoms with Crippen LogP contribution in [0.25, 0.3) is 0 Å². The number of hydrogen-bond acceptors (Lipinski definition) is 5. The van der Waals surface area contributed by atoms with Crippen molar-refractivity contribution >= 4 is 21.4 Å². The van der Waals surface area contributed by atoms with Crippen molar-refractivity contribution in [3.05, 3.63) is 18.2 Å². The van der Waals surface area contributed by atoms with E-state index < -0.39 is 10.0 Å². The predicted octanol–water partition coefficient (Wildman–Crippen LogP) is -0.123. The Hall–Kier alpha value is -1.31. The predicted molar refractivity (Wildman–Crippen MR) is 69.7 cm³/mol. The minimum atomic E-state index is -3.79. The Labute approximate surface area is 106 Å². The summed E-state index contributed by atoms with van der Waals surface area (Å²) in [5.74, 6) is 0. The van der Waals surface area contributed by atoms with Crippen LogP contribution < -0.4 is 15.8 Å². The number of benzene rings is 1. The fourth-order valence-corrected chi connectivity index (χ4v) is 2.98. The fourth-order valence-electron chi connectivity index (χ4n) is 2.34. The highest BCUT2D eigenvalue weighted by molar-refractivity contribution is 7.89. The van der Waals surface area contributed by atoms with Crippen molar-refractivity contribution in [2.24, 2.45) is 5.14 Å². The summed E-state index contributed by atoms with van der Waals surface area (Å²) < 4.78 is 22.5. The zero-order chi connectivity index (χ0) is 13.3. The van der Waals surface area contributed by atoms with Gasteiger partial charge in [0.25, 0.3) is 0 Å². The van der Waals surface area contributed by atoms with E-state index in [4.69, 9.17) is 10.9 Å². The second kappa shape index (κ2) is 4.75. The Morgan fingerprint density at radius 1 is 1.44 bits per heavy atom. The molecule has 0 saturated carbocycles. The van der Waals surface area contributed by atoms with Gasteiger partial charge in [-0.05, 0) is 31.0 Å². The molecule has 1 aromatic rings. The van der Waals surface area contributed by atoms with E-state index in [9.17, 15) is 13.5 Å². The zero-order valence-electron chi connectivity index (χ0n) is 9.91. The summed E-state index contributed by atoms with van der Waals surface area (Å²) in [4.78, 5) is 1.97. The summed E-state index contributed by atoms with van der Waals surface area (Å²) in [5, 5.41) is 14.3. The Kier molecular flexibility index (Phi) is 3.47. The monoisotopic (exact) mass is 271 g/mol. The highest BCUT2D eigenvalue weighted by atomic mass is 32.2. The lowest BCUT2D eigenvalue weighted by Gasteiger charge is -2.25. The molecule has 0 aliphatic carbocycles. The van der Waals surface area contributed by atoms with Gasteiger partial charge in [-0.25, -0.2) is 13.6 Å². The van der Waals surface area contributed by atoms with Gasteiger partial charge in [0, 0.05) is 12.2 Å². The van der Waals surface area contributed by atoms with E-state index in [0.29, 0.717) is 0 Å². The number of rotatable bonds is 3. The van der Waals surface area contributed by atoms with Crippen molar-refractivity contribution < 1.29 is 13.5 Å². The lowest BCUT2D eigenvalue weighted by Crippen LogP contribution is -2.32. The minimum absolute atomic E-state index is 0.0639. The molecule has 7 heteroatoms. The van der Waals surface area contributed by atoms with Crippen molar-refractivity contribution in [3.8, 4) is 0 Å². The Bertz CT molecular complexity index is 544. The maximum Gasteiger partial charge on any atom is 0.240 e. The molecule has 2 rings (SSSR count). The van der Waals surface area contributed by atoms with Gasteiger partial charge in [0.2, 0.25) is 10.0 Å². The maximum atomic E-state index is 11.3. The van der Waals surface area contributed by atoms with Crippen molar-refractivity contribution in [1.82, 2.24) is 0 Å².